The first-order valence-corrected chi connectivity index (χ1v) is 8.20. The van der Waals surface area contributed by atoms with Crippen LogP contribution < -0.4 is 20.9 Å². The summed E-state index contributed by atoms with van der Waals surface area (Å²) < 4.78 is 5.95. The van der Waals surface area contributed by atoms with Crippen molar-refractivity contribution in [3.05, 3.63) is 27.3 Å². The smallest absolute Gasteiger partial charge is 0.269 e. The molecule has 3 N–H and O–H groups in total. The van der Waals surface area contributed by atoms with Crippen LogP contribution in [0.1, 0.15) is 36.5 Å². The summed E-state index contributed by atoms with van der Waals surface area (Å²) in [6.07, 6.45) is 2.13. The fourth-order valence-electron chi connectivity index (χ4n) is 1.55. The van der Waals surface area contributed by atoms with Gasteiger partial charge in [-0.2, -0.15) is 0 Å². The largest absolute Gasteiger partial charge is 0.496 e. The zero-order chi connectivity index (χ0) is 16.5. The Morgan fingerprint density at radius 3 is 2.64 bits per heavy atom. The Bertz CT molecular complexity index is 566. The third kappa shape index (κ3) is 6.14. The van der Waals surface area contributed by atoms with Crippen molar-refractivity contribution in [2.75, 3.05) is 7.11 Å². The summed E-state index contributed by atoms with van der Waals surface area (Å²) in [5, 5.41) is 2.56. The van der Waals surface area contributed by atoms with Crippen LogP contribution >= 0.6 is 34.8 Å². The van der Waals surface area contributed by atoms with E-state index in [2.05, 4.69) is 38.8 Å². The summed E-state index contributed by atoms with van der Waals surface area (Å²) in [4.78, 5) is 23.4. The molecule has 0 aliphatic carbocycles. The minimum Gasteiger partial charge on any atom is -0.496 e. The number of unbranched alkanes of at least 4 members (excludes halogenated alkanes) is 1. The number of thiocarbonyl (C=S) groups is 1. The lowest BCUT2D eigenvalue weighted by Gasteiger charge is -2.11. The zero-order valence-electron chi connectivity index (χ0n) is 12.4. The Morgan fingerprint density at radius 2 is 2.05 bits per heavy atom. The Morgan fingerprint density at radius 1 is 1.32 bits per heavy atom. The minimum absolute atomic E-state index is 0.0673. The minimum atomic E-state index is -0.356. The van der Waals surface area contributed by atoms with Crippen LogP contribution in [0.3, 0.4) is 0 Å². The number of carbonyl (C=O) groups is 2. The first-order chi connectivity index (χ1) is 10.5. The number of halogens is 1. The average Bonchev–Trinajstić information content (AvgIpc) is 2.50. The lowest BCUT2D eigenvalue weighted by molar-refractivity contribution is -0.119. The van der Waals surface area contributed by atoms with Gasteiger partial charge in [-0.25, -0.2) is 0 Å². The van der Waals surface area contributed by atoms with E-state index in [1.54, 1.807) is 25.3 Å². The molecule has 0 saturated heterocycles. The average molecular weight is 435 g/mol. The van der Waals surface area contributed by atoms with Gasteiger partial charge >= 0.3 is 0 Å². The molecule has 0 fully saturated rings. The van der Waals surface area contributed by atoms with Gasteiger partial charge in [0.2, 0.25) is 5.91 Å². The second-order valence-electron chi connectivity index (χ2n) is 4.41. The Kier molecular flexibility index (Phi) is 8.10. The molecule has 1 aromatic rings. The number of carbonyl (C=O) groups excluding carboxylic acids is 2. The summed E-state index contributed by atoms with van der Waals surface area (Å²) >= 11 is 7.02. The van der Waals surface area contributed by atoms with Crippen molar-refractivity contribution in [2.24, 2.45) is 0 Å². The molecule has 22 heavy (non-hydrogen) atoms. The molecule has 0 aromatic heterocycles. The molecular formula is C14H18IN3O3S. The summed E-state index contributed by atoms with van der Waals surface area (Å²) in [5.74, 6) is 0.169. The van der Waals surface area contributed by atoms with E-state index >= 15 is 0 Å². The summed E-state index contributed by atoms with van der Waals surface area (Å²) in [6, 6.07) is 5.04. The maximum Gasteiger partial charge on any atom is 0.269 e. The molecule has 1 rings (SSSR count). The van der Waals surface area contributed by atoms with Gasteiger partial charge in [0.1, 0.15) is 5.75 Å². The topological polar surface area (TPSA) is 79.5 Å². The van der Waals surface area contributed by atoms with Crippen LogP contribution in [-0.2, 0) is 4.79 Å². The van der Waals surface area contributed by atoms with Crippen molar-refractivity contribution in [3.63, 3.8) is 0 Å². The molecule has 0 heterocycles. The molecule has 0 atom stereocenters. The summed E-state index contributed by atoms with van der Waals surface area (Å²) in [5.41, 5.74) is 5.39. The van der Waals surface area contributed by atoms with Crippen molar-refractivity contribution in [3.8, 4) is 5.75 Å². The lowest BCUT2D eigenvalue weighted by atomic mass is 10.2. The van der Waals surface area contributed by atoms with Gasteiger partial charge in [0, 0.05) is 12.0 Å². The predicted octanol–water partition coefficient (Wildman–Crippen LogP) is 2.13. The number of amides is 2. The molecule has 6 nitrogen and oxygen atoms in total. The summed E-state index contributed by atoms with van der Waals surface area (Å²) in [6.45, 7) is 2.00. The van der Waals surface area contributed by atoms with Crippen LogP contribution in [0.15, 0.2) is 18.2 Å². The first-order valence-electron chi connectivity index (χ1n) is 6.71. The highest BCUT2D eigenvalue weighted by molar-refractivity contribution is 14.1. The Labute approximate surface area is 148 Å². The van der Waals surface area contributed by atoms with E-state index in [-0.39, 0.29) is 16.9 Å². The number of methoxy groups -OCH3 is 1. The van der Waals surface area contributed by atoms with E-state index in [9.17, 15) is 9.59 Å². The van der Waals surface area contributed by atoms with Gasteiger partial charge in [-0.15, -0.1) is 0 Å². The number of benzene rings is 1. The number of hydrogen-bond acceptors (Lipinski definition) is 4. The molecule has 8 heteroatoms. The maximum atomic E-state index is 12.0. The zero-order valence-corrected chi connectivity index (χ0v) is 15.3. The molecule has 0 saturated carbocycles. The number of hydrogen-bond donors (Lipinski definition) is 3. The molecule has 2 amide bonds. The van der Waals surface area contributed by atoms with E-state index in [1.807, 2.05) is 6.92 Å². The van der Waals surface area contributed by atoms with Crippen molar-refractivity contribution < 1.29 is 14.3 Å². The van der Waals surface area contributed by atoms with Crippen LogP contribution in [0, 0.1) is 3.57 Å². The maximum absolute atomic E-state index is 12.0. The quantitative estimate of drug-likeness (QED) is 0.375. The number of ether oxygens (including phenoxy) is 1. The van der Waals surface area contributed by atoms with Crippen molar-refractivity contribution in [1.82, 2.24) is 16.2 Å². The Hall–Kier alpha value is -1.42. The van der Waals surface area contributed by atoms with Crippen LogP contribution in [0.2, 0.25) is 0 Å². The number of rotatable bonds is 5. The van der Waals surface area contributed by atoms with E-state index in [0.717, 1.165) is 16.4 Å². The van der Waals surface area contributed by atoms with Gasteiger partial charge in [0.25, 0.3) is 5.91 Å². The Balaban J connectivity index is 2.47. The number of hydrazine groups is 1. The molecule has 120 valence electrons. The standard InChI is InChI=1S/C14H18IN3O3S/c1-3-4-5-12(19)16-14(22)18-17-13(20)9-6-7-11(21-2)10(15)8-9/h6-8H,3-5H2,1-2H3,(H,17,20)(H2,16,18,19,22). The molecule has 0 unspecified atom stereocenters. The third-order valence-corrected chi connectivity index (χ3v) is 3.76. The van der Waals surface area contributed by atoms with E-state index in [0.29, 0.717) is 17.7 Å². The molecule has 0 aliphatic rings. The van der Waals surface area contributed by atoms with Crippen molar-refractivity contribution in [2.45, 2.75) is 26.2 Å². The highest BCUT2D eigenvalue weighted by Crippen LogP contribution is 2.21. The second-order valence-corrected chi connectivity index (χ2v) is 5.98. The van der Waals surface area contributed by atoms with Gasteiger partial charge < -0.3 is 10.1 Å². The molecule has 0 radical (unpaired) electrons. The van der Waals surface area contributed by atoms with Gasteiger partial charge in [-0.05, 0) is 59.4 Å². The summed E-state index contributed by atoms with van der Waals surface area (Å²) in [7, 11) is 1.57. The SMILES string of the molecule is CCCCC(=O)NC(=S)NNC(=O)c1ccc(OC)c(I)c1. The van der Waals surface area contributed by atoms with Crippen molar-refractivity contribution >= 4 is 51.7 Å². The van der Waals surface area contributed by atoms with E-state index < -0.39 is 0 Å². The molecule has 0 spiro atoms. The van der Waals surface area contributed by atoms with Gasteiger partial charge in [0.15, 0.2) is 5.11 Å². The van der Waals surface area contributed by atoms with E-state index in [1.165, 1.54) is 0 Å². The lowest BCUT2D eigenvalue weighted by Crippen LogP contribution is -2.48. The van der Waals surface area contributed by atoms with Crippen LogP contribution in [-0.4, -0.2) is 24.0 Å². The molecule has 1 aromatic carbocycles. The fraction of sp³-hybridized carbons (Fsp3) is 0.357. The van der Waals surface area contributed by atoms with Gasteiger partial charge in [-0.3, -0.25) is 20.4 Å². The van der Waals surface area contributed by atoms with Gasteiger partial charge in [0.05, 0.1) is 10.7 Å². The first kappa shape index (κ1) is 18.6. The van der Waals surface area contributed by atoms with Crippen molar-refractivity contribution in [1.29, 1.82) is 0 Å². The van der Waals surface area contributed by atoms with Crippen LogP contribution in [0.4, 0.5) is 0 Å². The highest BCUT2D eigenvalue weighted by Gasteiger charge is 2.10. The van der Waals surface area contributed by atoms with Gasteiger partial charge in [-0.1, -0.05) is 13.3 Å². The predicted molar refractivity (Wildman–Crippen MR) is 96.6 cm³/mol. The molecule has 0 bridgehead atoms. The van der Waals surface area contributed by atoms with E-state index in [4.69, 9.17) is 17.0 Å². The highest BCUT2D eigenvalue weighted by atomic mass is 127. The number of nitrogens with one attached hydrogen (secondary N) is 3. The monoisotopic (exact) mass is 435 g/mol. The molecular weight excluding hydrogens is 417 g/mol. The normalized spacial score (nSPS) is 9.77. The molecule has 0 aliphatic heterocycles. The van der Waals surface area contributed by atoms with Crippen LogP contribution in [0.25, 0.3) is 0 Å². The third-order valence-electron chi connectivity index (χ3n) is 2.71. The van der Waals surface area contributed by atoms with Crippen LogP contribution in [0.5, 0.6) is 5.75 Å². The second kappa shape index (κ2) is 9.57. The fourth-order valence-corrected chi connectivity index (χ4v) is 2.45.